The van der Waals surface area contributed by atoms with Crippen molar-refractivity contribution >= 4 is 76.8 Å². The number of methoxy groups -OCH3 is 1. The molecule has 0 aliphatic carbocycles. The molecule has 3 aromatic rings. The SMILES string of the molecule is COc1cc(/C=C2/SC(=O)N(Cc3cccc(Br)c3)C2=O)cc(Br)c1OCc1ccc(Br)cc1. The number of imide groups is 1. The molecule has 1 heterocycles. The number of ether oxygens (including phenoxy) is 2. The second-order valence-electron chi connectivity index (χ2n) is 7.35. The van der Waals surface area contributed by atoms with E-state index in [4.69, 9.17) is 9.47 Å². The number of carbonyl (C=O) groups excluding carboxylic acids is 2. The van der Waals surface area contributed by atoms with Crippen LogP contribution in [0.3, 0.4) is 0 Å². The van der Waals surface area contributed by atoms with Crippen molar-refractivity contribution in [1.29, 1.82) is 0 Å². The molecule has 1 aliphatic rings. The molecule has 0 saturated carbocycles. The molecule has 0 N–H and O–H groups in total. The Morgan fingerprint density at radius 1 is 0.941 bits per heavy atom. The molecule has 0 atom stereocenters. The molecule has 1 aliphatic heterocycles. The van der Waals surface area contributed by atoms with Gasteiger partial charge in [0.1, 0.15) is 6.61 Å². The molecule has 0 unspecified atom stereocenters. The van der Waals surface area contributed by atoms with E-state index in [9.17, 15) is 9.59 Å². The van der Waals surface area contributed by atoms with Gasteiger partial charge in [0, 0.05) is 8.95 Å². The number of thioether (sulfide) groups is 1. The van der Waals surface area contributed by atoms with Crippen LogP contribution in [0, 0.1) is 0 Å². The Kier molecular flexibility index (Phi) is 8.18. The molecule has 1 fully saturated rings. The first-order valence-electron chi connectivity index (χ1n) is 10.1. The minimum Gasteiger partial charge on any atom is -0.493 e. The number of amides is 2. The largest absolute Gasteiger partial charge is 0.493 e. The second-order valence-corrected chi connectivity index (χ2v) is 11.0. The maximum atomic E-state index is 12.9. The molecule has 0 spiro atoms. The lowest BCUT2D eigenvalue weighted by Gasteiger charge is -2.14. The van der Waals surface area contributed by atoms with Gasteiger partial charge in [0.05, 0.1) is 23.0 Å². The second kappa shape index (κ2) is 11.1. The highest BCUT2D eigenvalue weighted by atomic mass is 79.9. The number of nitrogens with zero attached hydrogens (tertiary/aromatic N) is 1. The van der Waals surface area contributed by atoms with Crippen LogP contribution in [0.1, 0.15) is 16.7 Å². The van der Waals surface area contributed by atoms with E-state index in [1.165, 1.54) is 4.90 Å². The van der Waals surface area contributed by atoms with Crippen LogP contribution in [0.15, 0.2) is 79.0 Å². The van der Waals surface area contributed by atoms with Gasteiger partial charge in [-0.2, -0.15) is 0 Å². The summed E-state index contributed by atoms with van der Waals surface area (Å²) in [7, 11) is 1.56. The Morgan fingerprint density at radius 3 is 2.41 bits per heavy atom. The van der Waals surface area contributed by atoms with Crippen LogP contribution < -0.4 is 9.47 Å². The smallest absolute Gasteiger partial charge is 0.293 e. The fourth-order valence-electron chi connectivity index (χ4n) is 3.30. The highest BCUT2D eigenvalue weighted by Gasteiger charge is 2.35. The molecule has 0 aromatic heterocycles. The van der Waals surface area contributed by atoms with Crippen LogP contribution in [0.5, 0.6) is 11.5 Å². The van der Waals surface area contributed by atoms with Crippen LogP contribution >= 0.6 is 59.6 Å². The topological polar surface area (TPSA) is 55.8 Å². The van der Waals surface area contributed by atoms with Gasteiger partial charge in [-0.15, -0.1) is 0 Å². The van der Waals surface area contributed by atoms with E-state index in [1.807, 2.05) is 54.6 Å². The summed E-state index contributed by atoms with van der Waals surface area (Å²) in [6.07, 6.45) is 1.69. The molecule has 0 radical (unpaired) electrons. The summed E-state index contributed by atoms with van der Waals surface area (Å²) in [4.78, 5) is 27.1. The van der Waals surface area contributed by atoms with Gasteiger partial charge in [0.15, 0.2) is 11.5 Å². The predicted molar refractivity (Wildman–Crippen MR) is 145 cm³/mol. The van der Waals surface area contributed by atoms with E-state index < -0.39 is 0 Å². The normalized spacial score (nSPS) is 14.7. The Labute approximate surface area is 226 Å². The van der Waals surface area contributed by atoms with Crippen molar-refractivity contribution in [3.05, 3.63) is 95.7 Å². The summed E-state index contributed by atoms with van der Waals surface area (Å²) >= 11 is 11.3. The molecule has 5 nitrogen and oxygen atoms in total. The number of rotatable bonds is 7. The Bertz CT molecular complexity index is 1280. The number of hydrogen-bond acceptors (Lipinski definition) is 5. The zero-order valence-corrected chi connectivity index (χ0v) is 23.5. The molecule has 3 aromatic carbocycles. The van der Waals surface area contributed by atoms with E-state index >= 15 is 0 Å². The third-order valence-electron chi connectivity index (χ3n) is 4.95. The maximum Gasteiger partial charge on any atom is 0.293 e. The van der Waals surface area contributed by atoms with Crippen LogP contribution in [0.2, 0.25) is 0 Å². The fraction of sp³-hybridized carbons (Fsp3) is 0.120. The van der Waals surface area contributed by atoms with Gasteiger partial charge in [0.25, 0.3) is 11.1 Å². The van der Waals surface area contributed by atoms with E-state index in [2.05, 4.69) is 47.8 Å². The minimum absolute atomic E-state index is 0.220. The zero-order valence-electron chi connectivity index (χ0n) is 17.9. The molecule has 2 amide bonds. The molecular formula is C25H18Br3NO4S. The van der Waals surface area contributed by atoms with Crippen LogP contribution in [-0.2, 0) is 17.9 Å². The van der Waals surface area contributed by atoms with Gasteiger partial charge >= 0.3 is 0 Å². The van der Waals surface area contributed by atoms with E-state index in [-0.39, 0.29) is 17.7 Å². The lowest BCUT2D eigenvalue weighted by Crippen LogP contribution is -2.27. The molecule has 174 valence electrons. The van der Waals surface area contributed by atoms with Gasteiger partial charge in [0.2, 0.25) is 0 Å². The summed E-state index contributed by atoms with van der Waals surface area (Å²) in [6, 6.07) is 19.0. The Morgan fingerprint density at radius 2 is 1.71 bits per heavy atom. The molecule has 0 bridgehead atoms. The van der Waals surface area contributed by atoms with Crippen molar-refractivity contribution < 1.29 is 19.1 Å². The highest BCUT2D eigenvalue weighted by Crippen LogP contribution is 2.39. The van der Waals surface area contributed by atoms with Gasteiger partial charge in [-0.25, -0.2) is 0 Å². The van der Waals surface area contributed by atoms with Crippen LogP contribution in [0.4, 0.5) is 4.79 Å². The minimum atomic E-state index is -0.319. The van der Waals surface area contributed by atoms with Crippen molar-refractivity contribution in [3.8, 4) is 11.5 Å². The molecular weight excluding hydrogens is 650 g/mol. The van der Waals surface area contributed by atoms with Crippen LogP contribution in [-0.4, -0.2) is 23.2 Å². The average Bonchev–Trinajstić information content (AvgIpc) is 3.06. The lowest BCUT2D eigenvalue weighted by atomic mass is 10.1. The average molecular weight is 668 g/mol. The third kappa shape index (κ3) is 5.94. The summed E-state index contributed by atoms with van der Waals surface area (Å²) < 4.78 is 14.1. The molecule has 1 saturated heterocycles. The predicted octanol–water partition coefficient (Wildman–Crippen LogP) is 7.80. The zero-order chi connectivity index (χ0) is 24.2. The molecule has 4 rings (SSSR count). The molecule has 34 heavy (non-hydrogen) atoms. The molecule has 9 heteroatoms. The first-order valence-corrected chi connectivity index (χ1v) is 13.3. The van der Waals surface area contributed by atoms with Gasteiger partial charge in [-0.3, -0.25) is 14.5 Å². The summed E-state index contributed by atoms with van der Waals surface area (Å²) in [5, 5.41) is -0.295. The number of benzene rings is 3. The van der Waals surface area contributed by atoms with Gasteiger partial charge in [-0.1, -0.05) is 56.1 Å². The fourth-order valence-corrected chi connectivity index (χ4v) is 5.43. The standard InChI is InChI=1S/C25H18Br3NO4S/c1-32-21-11-17(10-20(28)23(21)33-14-15-5-7-18(26)8-6-15)12-22-24(30)29(25(31)34-22)13-16-3-2-4-19(27)9-16/h2-12H,13-14H2,1H3/b22-12+. The highest BCUT2D eigenvalue weighted by molar-refractivity contribution is 9.11. The number of hydrogen-bond donors (Lipinski definition) is 0. The number of carbonyl (C=O) groups is 2. The Balaban J connectivity index is 1.53. The van der Waals surface area contributed by atoms with Crippen LogP contribution in [0.25, 0.3) is 6.08 Å². The van der Waals surface area contributed by atoms with Gasteiger partial charge in [-0.05, 0) is 86.9 Å². The van der Waals surface area contributed by atoms with Crippen molar-refractivity contribution in [3.63, 3.8) is 0 Å². The quantitative estimate of drug-likeness (QED) is 0.241. The van der Waals surface area contributed by atoms with Crippen molar-refractivity contribution in [2.45, 2.75) is 13.2 Å². The van der Waals surface area contributed by atoms with Gasteiger partial charge < -0.3 is 9.47 Å². The lowest BCUT2D eigenvalue weighted by molar-refractivity contribution is -0.123. The summed E-state index contributed by atoms with van der Waals surface area (Å²) in [6.45, 7) is 0.591. The van der Waals surface area contributed by atoms with Crippen molar-refractivity contribution in [1.82, 2.24) is 4.90 Å². The van der Waals surface area contributed by atoms with E-state index in [0.717, 1.165) is 31.8 Å². The first kappa shape index (κ1) is 25.0. The van der Waals surface area contributed by atoms with Crippen molar-refractivity contribution in [2.75, 3.05) is 7.11 Å². The summed E-state index contributed by atoms with van der Waals surface area (Å²) in [5.74, 6) is 0.761. The third-order valence-corrected chi connectivity index (χ3v) is 7.47. The first-order chi connectivity index (χ1) is 16.3. The van der Waals surface area contributed by atoms with Crippen molar-refractivity contribution in [2.24, 2.45) is 0 Å². The van der Waals surface area contributed by atoms with E-state index in [0.29, 0.717) is 33.0 Å². The maximum absolute atomic E-state index is 12.9. The Hall–Kier alpha value is -2.07. The number of halogens is 3. The van der Waals surface area contributed by atoms with E-state index in [1.54, 1.807) is 19.3 Å². The summed E-state index contributed by atoms with van der Waals surface area (Å²) in [5.41, 5.74) is 2.60. The monoisotopic (exact) mass is 665 g/mol.